The van der Waals surface area contributed by atoms with Gasteiger partial charge in [-0.15, -0.1) is 0 Å². The number of halogens is 1. The predicted octanol–water partition coefficient (Wildman–Crippen LogP) is 7.51. The summed E-state index contributed by atoms with van der Waals surface area (Å²) in [5.74, 6) is 0. The summed E-state index contributed by atoms with van der Waals surface area (Å²) in [7, 11) is 0. The first-order valence-corrected chi connectivity index (χ1v) is 12.7. The molecule has 0 saturated heterocycles. The predicted molar refractivity (Wildman–Crippen MR) is 143 cm³/mol. The van der Waals surface area contributed by atoms with Gasteiger partial charge in [0.15, 0.2) is 0 Å². The molecule has 3 aliphatic rings. The zero-order valence-corrected chi connectivity index (χ0v) is 20.1. The van der Waals surface area contributed by atoms with Crippen LogP contribution in [0.3, 0.4) is 0 Å². The SMILES string of the molecule is Clc1ccc(N2c3ccccc3N=c3cc4c(cc32)=NC2(CCCCC2)N4c2ccccc2)cc1. The highest BCUT2D eigenvalue weighted by Crippen LogP contribution is 2.46. The van der Waals surface area contributed by atoms with Crippen molar-refractivity contribution in [2.75, 3.05) is 9.80 Å². The van der Waals surface area contributed by atoms with Crippen molar-refractivity contribution in [1.82, 2.24) is 0 Å². The topological polar surface area (TPSA) is 31.2 Å². The minimum atomic E-state index is -0.218. The van der Waals surface area contributed by atoms with E-state index in [-0.39, 0.29) is 5.66 Å². The van der Waals surface area contributed by atoms with Crippen LogP contribution in [0.5, 0.6) is 0 Å². The molecule has 1 fully saturated rings. The Hall–Kier alpha value is -3.63. The fourth-order valence-electron chi connectivity index (χ4n) is 5.88. The average Bonchev–Trinajstić information content (AvgIpc) is 3.19. The van der Waals surface area contributed by atoms with Crippen LogP contribution in [-0.2, 0) is 0 Å². The van der Waals surface area contributed by atoms with E-state index < -0.39 is 0 Å². The maximum absolute atomic E-state index is 6.23. The smallest absolute Gasteiger partial charge is 0.137 e. The van der Waals surface area contributed by atoms with Gasteiger partial charge < -0.3 is 9.80 Å². The van der Waals surface area contributed by atoms with Gasteiger partial charge in [0.25, 0.3) is 0 Å². The van der Waals surface area contributed by atoms with Crippen LogP contribution in [0.4, 0.5) is 34.1 Å². The maximum atomic E-state index is 6.23. The second-order valence-electron chi connectivity index (χ2n) is 9.57. The Morgan fingerprint density at radius 1 is 0.657 bits per heavy atom. The molecule has 0 aromatic heterocycles. The highest BCUT2D eigenvalue weighted by Gasteiger charge is 2.43. The number of rotatable bonds is 2. The largest absolute Gasteiger partial charge is 0.314 e. The number of para-hydroxylation sites is 3. The quantitative estimate of drug-likeness (QED) is 0.264. The van der Waals surface area contributed by atoms with Gasteiger partial charge in [-0.2, -0.15) is 0 Å². The Kier molecular flexibility index (Phi) is 4.71. The van der Waals surface area contributed by atoms with E-state index in [1.54, 1.807) is 0 Å². The van der Waals surface area contributed by atoms with Gasteiger partial charge >= 0.3 is 0 Å². The third-order valence-corrected chi connectivity index (χ3v) is 7.67. The first kappa shape index (κ1) is 20.7. The molecule has 1 spiro atoms. The third-order valence-electron chi connectivity index (χ3n) is 7.42. The summed E-state index contributed by atoms with van der Waals surface area (Å²) in [5, 5.41) is 2.73. The van der Waals surface area contributed by atoms with E-state index in [9.17, 15) is 0 Å². The third kappa shape index (κ3) is 3.28. The summed E-state index contributed by atoms with van der Waals surface area (Å²) in [6.07, 6.45) is 5.82. The van der Waals surface area contributed by atoms with Gasteiger partial charge in [-0.25, -0.2) is 4.99 Å². The van der Waals surface area contributed by atoms with Crippen molar-refractivity contribution in [2.45, 2.75) is 37.8 Å². The second kappa shape index (κ2) is 7.96. The van der Waals surface area contributed by atoms with Crippen molar-refractivity contribution in [1.29, 1.82) is 0 Å². The molecule has 2 aliphatic heterocycles. The van der Waals surface area contributed by atoms with Crippen molar-refractivity contribution in [2.24, 2.45) is 9.98 Å². The summed E-state index contributed by atoms with van der Waals surface area (Å²) >= 11 is 6.23. The lowest BCUT2D eigenvalue weighted by Gasteiger charge is -2.41. The Bertz CT molecular complexity index is 1540. The Labute approximate surface area is 209 Å². The molecular weight excluding hydrogens is 452 g/mol. The molecule has 0 radical (unpaired) electrons. The van der Waals surface area contributed by atoms with Crippen molar-refractivity contribution < 1.29 is 0 Å². The molecule has 172 valence electrons. The molecule has 0 bridgehead atoms. The molecular formula is C30H25ClN4. The maximum Gasteiger partial charge on any atom is 0.137 e. The lowest BCUT2D eigenvalue weighted by Crippen LogP contribution is -2.43. The highest BCUT2D eigenvalue weighted by molar-refractivity contribution is 6.30. The molecule has 4 nitrogen and oxygen atoms in total. The number of fused-ring (bicyclic) bond motifs is 3. The van der Waals surface area contributed by atoms with Gasteiger partial charge in [0.05, 0.1) is 33.5 Å². The van der Waals surface area contributed by atoms with Crippen LogP contribution in [0.25, 0.3) is 0 Å². The molecule has 35 heavy (non-hydrogen) atoms. The molecule has 0 unspecified atom stereocenters. The van der Waals surface area contributed by atoms with Gasteiger partial charge in [-0.05, 0) is 86.3 Å². The summed E-state index contributed by atoms with van der Waals surface area (Å²) in [6.45, 7) is 0. The van der Waals surface area contributed by atoms with Gasteiger partial charge in [0, 0.05) is 16.4 Å². The summed E-state index contributed by atoms with van der Waals surface area (Å²) in [5.41, 5.74) is 6.26. The molecule has 7 rings (SSSR count). The van der Waals surface area contributed by atoms with Crippen LogP contribution in [-0.4, -0.2) is 5.66 Å². The van der Waals surface area contributed by atoms with Crippen LogP contribution >= 0.6 is 11.6 Å². The molecule has 1 aliphatic carbocycles. The lowest BCUT2D eigenvalue weighted by atomic mass is 9.88. The zero-order valence-electron chi connectivity index (χ0n) is 19.4. The van der Waals surface area contributed by atoms with E-state index in [1.807, 2.05) is 18.2 Å². The second-order valence-corrected chi connectivity index (χ2v) is 10.0. The molecule has 0 N–H and O–H groups in total. The van der Waals surface area contributed by atoms with Crippen molar-refractivity contribution in [3.8, 4) is 0 Å². The molecule has 4 aromatic carbocycles. The van der Waals surface area contributed by atoms with Crippen LogP contribution in [0.15, 0.2) is 101 Å². The molecule has 4 aromatic rings. The minimum Gasteiger partial charge on any atom is -0.314 e. The standard InChI is InChI=1S/C30H25ClN4/c31-21-13-15-22(16-14-21)34-27-12-6-5-11-24(27)32-25-19-29-26(20-28(25)34)33-30(17-7-2-8-18-30)35(29)23-9-3-1-4-10-23/h1,3-6,9-16,19-20H,2,7-8,17-18H2. The van der Waals surface area contributed by atoms with Gasteiger partial charge in [0.1, 0.15) is 5.66 Å². The number of hydrogen-bond donors (Lipinski definition) is 0. The van der Waals surface area contributed by atoms with Gasteiger partial charge in [-0.3, -0.25) is 4.99 Å². The molecule has 0 amide bonds. The number of benzene rings is 4. The fourth-order valence-corrected chi connectivity index (χ4v) is 6.00. The lowest BCUT2D eigenvalue weighted by molar-refractivity contribution is 0.309. The zero-order chi connectivity index (χ0) is 23.4. The van der Waals surface area contributed by atoms with E-state index in [0.717, 1.165) is 57.0 Å². The summed E-state index contributed by atoms with van der Waals surface area (Å²) < 4.78 is 0. The van der Waals surface area contributed by atoms with Crippen LogP contribution in [0.1, 0.15) is 32.1 Å². The molecule has 0 atom stereocenters. The minimum absolute atomic E-state index is 0.218. The monoisotopic (exact) mass is 476 g/mol. The molecule has 5 heteroatoms. The fraction of sp³-hybridized carbons (Fsp3) is 0.200. The van der Waals surface area contributed by atoms with Crippen LogP contribution in [0, 0.1) is 0 Å². The van der Waals surface area contributed by atoms with E-state index in [1.165, 1.54) is 24.9 Å². The first-order chi connectivity index (χ1) is 17.2. The van der Waals surface area contributed by atoms with Crippen LogP contribution in [0.2, 0.25) is 5.02 Å². The van der Waals surface area contributed by atoms with E-state index in [0.29, 0.717) is 0 Å². The van der Waals surface area contributed by atoms with Gasteiger partial charge in [-0.1, -0.05) is 48.4 Å². The molecule has 1 saturated carbocycles. The van der Waals surface area contributed by atoms with Crippen molar-refractivity contribution >= 4 is 45.7 Å². The molecule has 2 heterocycles. The number of anilines is 5. The van der Waals surface area contributed by atoms with Gasteiger partial charge in [0.2, 0.25) is 0 Å². The number of nitrogens with zero attached hydrogens (tertiary/aromatic N) is 4. The Balaban J connectivity index is 1.48. The van der Waals surface area contributed by atoms with E-state index >= 15 is 0 Å². The van der Waals surface area contributed by atoms with Crippen molar-refractivity contribution in [3.63, 3.8) is 0 Å². The van der Waals surface area contributed by atoms with Crippen molar-refractivity contribution in [3.05, 3.63) is 107 Å². The first-order valence-electron chi connectivity index (χ1n) is 12.3. The Morgan fingerprint density at radius 3 is 2.17 bits per heavy atom. The normalized spacial score (nSPS) is 17.3. The number of hydrogen-bond acceptors (Lipinski definition) is 4. The average molecular weight is 477 g/mol. The van der Waals surface area contributed by atoms with E-state index in [2.05, 4.69) is 82.6 Å². The summed E-state index contributed by atoms with van der Waals surface area (Å²) in [4.78, 5) is 15.3. The Morgan fingerprint density at radius 2 is 1.37 bits per heavy atom. The van der Waals surface area contributed by atoms with E-state index in [4.69, 9.17) is 21.6 Å². The summed E-state index contributed by atoms with van der Waals surface area (Å²) in [6, 6.07) is 31.5. The highest BCUT2D eigenvalue weighted by atomic mass is 35.5. The van der Waals surface area contributed by atoms with Crippen LogP contribution < -0.4 is 20.5 Å².